The summed E-state index contributed by atoms with van der Waals surface area (Å²) in [7, 11) is 0. The van der Waals surface area contributed by atoms with E-state index < -0.39 is 6.10 Å². The van der Waals surface area contributed by atoms with Crippen molar-refractivity contribution in [3.63, 3.8) is 0 Å². The molecule has 0 bridgehead atoms. The van der Waals surface area contributed by atoms with E-state index in [0.29, 0.717) is 12.8 Å². The summed E-state index contributed by atoms with van der Waals surface area (Å²) in [4.78, 5) is 10.2. The molecule has 1 rings (SSSR count). The van der Waals surface area contributed by atoms with Gasteiger partial charge < -0.3 is 14.6 Å². The van der Waals surface area contributed by atoms with Crippen LogP contribution >= 0.6 is 0 Å². The summed E-state index contributed by atoms with van der Waals surface area (Å²) in [6.07, 6.45) is 1.11. The van der Waals surface area contributed by atoms with Crippen molar-refractivity contribution in [1.82, 2.24) is 0 Å². The number of hydrogen-bond donors (Lipinski definition) is 1. The van der Waals surface area contributed by atoms with Crippen LogP contribution in [0.1, 0.15) is 33.6 Å². The van der Waals surface area contributed by atoms with Gasteiger partial charge in [-0.15, -0.1) is 0 Å². The molecule has 1 saturated heterocycles. The minimum absolute atomic E-state index is 0.0129. The van der Waals surface area contributed by atoms with E-state index in [9.17, 15) is 4.79 Å². The second kappa shape index (κ2) is 6.14. The van der Waals surface area contributed by atoms with Crippen LogP contribution < -0.4 is 0 Å². The molecule has 0 aromatic carbocycles. The van der Waals surface area contributed by atoms with E-state index in [0.717, 1.165) is 6.29 Å². The number of aliphatic hydroxyl groups excluding tert-OH is 1. The molecule has 1 aliphatic rings. The van der Waals surface area contributed by atoms with Crippen LogP contribution in [-0.2, 0) is 9.53 Å². The monoisotopic (exact) mass is 174 g/mol. The van der Waals surface area contributed by atoms with Gasteiger partial charge in [-0.1, -0.05) is 13.8 Å². The maximum absolute atomic E-state index is 10.2. The number of aliphatic hydroxyl groups is 1. The van der Waals surface area contributed by atoms with Crippen molar-refractivity contribution in [2.45, 2.75) is 51.9 Å². The molecule has 1 heterocycles. The van der Waals surface area contributed by atoms with Gasteiger partial charge >= 0.3 is 0 Å². The Morgan fingerprint density at radius 3 is 2.42 bits per heavy atom. The van der Waals surface area contributed by atoms with Gasteiger partial charge in [0.1, 0.15) is 12.4 Å². The lowest BCUT2D eigenvalue weighted by Crippen LogP contribution is -2.34. The van der Waals surface area contributed by atoms with Gasteiger partial charge in [-0.05, 0) is 13.3 Å². The Morgan fingerprint density at radius 2 is 2.00 bits per heavy atom. The van der Waals surface area contributed by atoms with E-state index in [2.05, 4.69) is 0 Å². The van der Waals surface area contributed by atoms with E-state index in [1.807, 2.05) is 20.8 Å². The molecule has 0 spiro atoms. The molecule has 3 atom stereocenters. The molecule has 1 aliphatic heterocycles. The Balaban J connectivity index is 0.000000561. The van der Waals surface area contributed by atoms with E-state index in [4.69, 9.17) is 9.84 Å². The number of ether oxygens (including phenoxy) is 1. The van der Waals surface area contributed by atoms with Gasteiger partial charge in [0.25, 0.3) is 0 Å². The molecule has 3 heteroatoms. The van der Waals surface area contributed by atoms with Crippen LogP contribution in [0.3, 0.4) is 0 Å². The van der Waals surface area contributed by atoms with Gasteiger partial charge in [-0.2, -0.15) is 0 Å². The molecule has 72 valence electrons. The minimum Gasteiger partial charge on any atom is -0.393 e. The van der Waals surface area contributed by atoms with Gasteiger partial charge in [0, 0.05) is 6.42 Å². The van der Waals surface area contributed by atoms with Crippen LogP contribution in [0.15, 0.2) is 0 Å². The van der Waals surface area contributed by atoms with Crippen molar-refractivity contribution in [3.05, 3.63) is 0 Å². The first-order valence-electron chi connectivity index (χ1n) is 4.51. The molecule has 0 aromatic rings. The zero-order valence-electron chi connectivity index (χ0n) is 7.99. The van der Waals surface area contributed by atoms with Crippen molar-refractivity contribution < 1.29 is 14.6 Å². The first-order valence-corrected chi connectivity index (χ1v) is 4.51. The highest BCUT2D eigenvalue weighted by atomic mass is 16.5. The maximum atomic E-state index is 10.2. The molecule has 0 radical (unpaired) electrons. The Labute approximate surface area is 73.7 Å². The number of carbonyl (C=O) groups excluding carboxylic acids is 1. The number of hydrogen-bond acceptors (Lipinski definition) is 3. The Hall–Kier alpha value is -0.410. The fourth-order valence-electron chi connectivity index (χ4n) is 1.24. The van der Waals surface area contributed by atoms with Crippen molar-refractivity contribution >= 4 is 6.29 Å². The van der Waals surface area contributed by atoms with E-state index in [1.54, 1.807) is 0 Å². The normalized spacial score (nSPS) is 34.8. The van der Waals surface area contributed by atoms with Gasteiger partial charge in [-0.25, -0.2) is 0 Å². The summed E-state index contributed by atoms with van der Waals surface area (Å²) >= 11 is 0. The van der Waals surface area contributed by atoms with Gasteiger partial charge in [0.05, 0.1) is 12.2 Å². The summed E-state index contributed by atoms with van der Waals surface area (Å²) in [5.41, 5.74) is 0. The lowest BCUT2D eigenvalue weighted by Gasteiger charge is -2.27. The third-order valence-corrected chi connectivity index (χ3v) is 1.67. The fourth-order valence-corrected chi connectivity index (χ4v) is 1.24. The molecule has 3 nitrogen and oxygen atoms in total. The number of aldehydes is 1. The summed E-state index contributed by atoms with van der Waals surface area (Å²) in [6, 6.07) is 0. The predicted molar refractivity (Wildman–Crippen MR) is 47.0 cm³/mol. The first kappa shape index (κ1) is 11.6. The minimum atomic E-state index is -0.390. The third-order valence-electron chi connectivity index (χ3n) is 1.67. The molecule has 0 saturated carbocycles. The summed E-state index contributed by atoms with van der Waals surface area (Å²) in [6.45, 7) is 5.86. The molecule has 0 aromatic heterocycles. The average Bonchev–Trinajstić information content (AvgIpc) is 2.06. The lowest BCUT2D eigenvalue weighted by atomic mass is 10.0. The van der Waals surface area contributed by atoms with E-state index >= 15 is 0 Å². The van der Waals surface area contributed by atoms with Gasteiger partial charge in [-0.3, -0.25) is 0 Å². The predicted octanol–water partition coefficient (Wildman–Crippen LogP) is 1.14. The molecule has 3 unspecified atom stereocenters. The molecule has 0 amide bonds. The second-order valence-corrected chi connectivity index (χ2v) is 2.75. The van der Waals surface area contributed by atoms with E-state index in [1.165, 1.54) is 0 Å². The Kier molecular flexibility index (Phi) is 5.93. The van der Waals surface area contributed by atoms with Crippen molar-refractivity contribution in [1.29, 1.82) is 0 Å². The largest absolute Gasteiger partial charge is 0.393 e. The third kappa shape index (κ3) is 3.83. The van der Waals surface area contributed by atoms with Crippen molar-refractivity contribution in [2.24, 2.45) is 0 Å². The Morgan fingerprint density at radius 1 is 1.42 bits per heavy atom. The summed E-state index contributed by atoms with van der Waals surface area (Å²) in [5.74, 6) is 0. The van der Waals surface area contributed by atoms with Crippen LogP contribution in [0, 0.1) is 0 Å². The molecule has 12 heavy (non-hydrogen) atoms. The standard InChI is InChI=1S/C7H12O3.C2H6/c1-5-2-6(9)3-7(4-8)10-5;1-2/h4-7,9H,2-3H2,1H3;1-2H3. The van der Waals surface area contributed by atoms with Crippen LogP contribution in [0.4, 0.5) is 0 Å². The van der Waals surface area contributed by atoms with Crippen LogP contribution in [-0.4, -0.2) is 29.7 Å². The molecule has 0 aliphatic carbocycles. The van der Waals surface area contributed by atoms with Crippen molar-refractivity contribution in [2.75, 3.05) is 0 Å². The lowest BCUT2D eigenvalue weighted by molar-refractivity contribution is -0.133. The van der Waals surface area contributed by atoms with Gasteiger partial charge in [0.15, 0.2) is 0 Å². The topological polar surface area (TPSA) is 46.5 Å². The number of carbonyl (C=O) groups is 1. The van der Waals surface area contributed by atoms with E-state index in [-0.39, 0.29) is 12.2 Å². The highest BCUT2D eigenvalue weighted by Crippen LogP contribution is 2.17. The fraction of sp³-hybridized carbons (Fsp3) is 0.889. The summed E-state index contributed by atoms with van der Waals surface area (Å²) in [5, 5.41) is 9.14. The first-order chi connectivity index (χ1) is 5.72. The highest BCUT2D eigenvalue weighted by Gasteiger charge is 2.24. The highest BCUT2D eigenvalue weighted by molar-refractivity contribution is 5.56. The molecular formula is C9H18O3. The molecular weight excluding hydrogens is 156 g/mol. The maximum Gasteiger partial charge on any atom is 0.148 e. The molecule has 1 fully saturated rings. The SMILES string of the molecule is CC.CC1CC(O)CC(C=O)O1. The van der Waals surface area contributed by atoms with Crippen LogP contribution in [0.2, 0.25) is 0 Å². The van der Waals surface area contributed by atoms with Crippen LogP contribution in [0.25, 0.3) is 0 Å². The number of rotatable bonds is 1. The van der Waals surface area contributed by atoms with Gasteiger partial charge in [0.2, 0.25) is 0 Å². The quantitative estimate of drug-likeness (QED) is 0.606. The zero-order chi connectivity index (χ0) is 9.56. The average molecular weight is 174 g/mol. The summed E-state index contributed by atoms with van der Waals surface area (Å²) < 4.78 is 5.18. The Bertz CT molecular complexity index is 115. The molecule has 1 N–H and O–H groups in total. The second-order valence-electron chi connectivity index (χ2n) is 2.75. The van der Waals surface area contributed by atoms with Crippen molar-refractivity contribution in [3.8, 4) is 0 Å². The zero-order valence-corrected chi connectivity index (χ0v) is 7.99. The van der Waals surface area contributed by atoms with Crippen LogP contribution in [0.5, 0.6) is 0 Å². The smallest absolute Gasteiger partial charge is 0.148 e.